The SMILES string of the molecule is Cc1ccc(C)c(NC(=O)C(=O)Nc2ccc([N+](=O)[O-])cc2C)c1. The van der Waals surface area contributed by atoms with Crippen molar-refractivity contribution in [1.29, 1.82) is 0 Å². The lowest BCUT2D eigenvalue weighted by molar-refractivity contribution is -0.384. The van der Waals surface area contributed by atoms with Crippen LogP contribution in [-0.2, 0) is 9.59 Å². The molecule has 7 heteroatoms. The Kier molecular flexibility index (Phi) is 4.93. The number of anilines is 2. The normalized spacial score (nSPS) is 10.1. The molecule has 24 heavy (non-hydrogen) atoms. The van der Waals surface area contributed by atoms with Crippen LogP contribution in [0.5, 0.6) is 0 Å². The fourth-order valence-electron chi connectivity index (χ4n) is 2.13. The summed E-state index contributed by atoms with van der Waals surface area (Å²) in [4.78, 5) is 34.3. The summed E-state index contributed by atoms with van der Waals surface area (Å²) in [7, 11) is 0. The predicted octanol–water partition coefficient (Wildman–Crippen LogP) is 3.10. The zero-order valence-electron chi connectivity index (χ0n) is 13.5. The Morgan fingerprint density at radius 2 is 1.50 bits per heavy atom. The lowest BCUT2D eigenvalue weighted by Gasteiger charge is -2.10. The first-order valence-corrected chi connectivity index (χ1v) is 7.22. The van der Waals surface area contributed by atoms with Crippen molar-refractivity contribution in [3.8, 4) is 0 Å². The van der Waals surface area contributed by atoms with Crippen molar-refractivity contribution in [3.63, 3.8) is 0 Å². The van der Waals surface area contributed by atoms with Crippen LogP contribution >= 0.6 is 0 Å². The van der Waals surface area contributed by atoms with Crippen molar-refractivity contribution in [2.24, 2.45) is 0 Å². The molecule has 0 aliphatic carbocycles. The topological polar surface area (TPSA) is 101 Å². The molecular formula is C17H17N3O4. The number of nitrogens with zero attached hydrogens (tertiary/aromatic N) is 1. The average Bonchev–Trinajstić information content (AvgIpc) is 2.52. The number of nitro benzene ring substituents is 1. The summed E-state index contributed by atoms with van der Waals surface area (Å²) in [5.74, 6) is -1.64. The van der Waals surface area contributed by atoms with Crippen molar-refractivity contribution in [2.45, 2.75) is 20.8 Å². The van der Waals surface area contributed by atoms with Gasteiger partial charge >= 0.3 is 11.8 Å². The van der Waals surface area contributed by atoms with E-state index in [-0.39, 0.29) is 5.69 Å². The molecule has 0 aromatic heterocycles. The molecule has 7 nitrogen and oxygen atoms in total. The molecule has 0 aliphatic heterocycles. The highest BCUT2D eigenvalue weighted by Crippen LogP contribution is 2.21. The van der Waals surface area contributed by atoms with Crippen molar-refractivity contribution < 1.29 is 14.5 Å². The van der Waals surface area contributed by atoms with Crippen LogP contribution in [0.4, 0.5) is 17.1 Å². The van der Waals surface area contributed by atoms with Gasteiger partial charge in [-0.15, -0.1) is 0 Å². The third-order valence-corrected chi connectivity index (χ3v) is 3.52. The van der Waals surface area contributed by atoms with E-state index < -0.39 is 16.7 Å². The van der Waals surface area contributed by atoms with Crippen LogP contribution in [0.1, 0.15) is 16.7 Å². The molecule has 0 unspecified atom stereocenters. The number of carbonyl (C=O) groups is 2. The molecule has 0 saturated heterocycles. The summed E-state index contributed by atoms with van der Waals surface area (Å²) in [6, 6.07) is 9.53. The van der Waals surface area contributed by atoms with Gasteiger partial charge in [0.05, 0.1) is 4.92 Å². The quantitative estimate of drug-likeness (QED) is 0.514. The van der Waals surface area contributed by atoms with Crippen LogP contribution in [-0.4, -0.2) is 16.7 Å². The Balaban J connectivity index is 2.10. The standard InChI is InChI=1S/C17H17N3O4/c1-10-4-5-11(2)15(8-10)19-17(22)16(21)18-14-7-6-13(20(23)24)9-12(14)3/h4-9H,1-3H3,(H,18,21)(H,19,22). The van der Waals surface area contributed by atoms with Gasteiger partial charge in [0.1, 0.15) is 0 Å². The first kappa shape index (κ1) is 17.1. The van der Waals surface area contributed by atoms with E-state index >= 15 is 0 Å². The number of rotatable bonds is 3. The van der Waals surface area contributed by atoms with Gasteiger partial charge in [-0.25, -0.2) is 0 Å². The molecule has 0 atom stereocenters. The van der Waals surface area contributed by atoms with Gasteiger partial charge < -0.3 is 10.6 Å². The number of amides is 2. The summed E-state index contributed by atoms with van der Waals surface area (Å²) >= 11 is 0. The summed E-state index contributed by atoms with van der Waals surface area (Å²) < 4.78 is 0. The van der Waals surface area contributed by atoms with Gasteiger partial charge in [-0.3, -0.25) is 19.7 Å². The van der Waals surface area contributed by atoms with Gasteiger partial charge in [-0.2, -0.15) is 0 Å². The van der Waals surface area contributed by atoms with Crippen molar-refractivity contribution >= 4 is 28.9 Å². The molecule has 0 saturated carbocycles. The number of aryl methyl sites for hydroxylation is 3. The van der Waals surface area contributed by atoms with Crippen LogP contribution in [0.3, 0.4) is 0 Å². The first-order chi connectivity index (χ1) is 11.3. The van der Waals surface area contributed by atoms with Gasteiger partial charge in [0.2, 0.25) is 0 Å². The summed E-state index contributed by atoms with van der Waals surface area (Å²) in [6.45, 7) is 5.33. The lowest BCUT2D eigenvalue weighted by Crippen LogP contribution is -2.29. The van der Waals surface area contributed by atoms with E-state index in [1.165, 1.54) is 18.2 Å². The highest BCUT2D eigenvalue weighted by atomic mass is 16.6. The zero-order valence-corrected chi connectivity index (χ0v) is 13.5. The van der Waals surface area contributed by atoms with Crippen LogP contribution in [0, 0.1) is 30.9 Å². The molecule has 0 bridgehead atoms. The molecule has 124 valence electrons. The monoisotopic (exact) mass is 327 g/mol. The van der Waals surface area contributed by atoms with Gasteiger partial charge in [0.15, 0.2) is 0 Å². The van der Waals surface area contributed by atoms with Crippen LogP contribution < -0.4 is 10.6 Å². The van der Waals surface area contributed by atoms with E-state index in [1.54, 1.807) is 13.0 Å². The smallest absolute Gasteiger partial charge is 0.314 e. The van der Waals surface area contributed by atoms with E-state index in [1.807, 2.05) is 26.0 Å². The van der Waals surface area contributed by atoms with Crippen LogP contribution in [0.15, 0.2) is 36.4 Å². The summed E-state index contributed by atoms with van der Waals surface area (Å²) in [6.07, 6.45) is 0. The number of nitro groups is 1. The minimum Gasteiger partial charge on any atom is -0.318 e. The second-order valence-corrected chi connectivity index (χ2v) is 5.48. The van der Waals surface area contributed by atoms with Gasteiger partial charge in [-0.05, 0) is 49.6 Å². The van der Waals surface area contributed by atoms with E-state index in [0.29, 0.717) is 16.9 Å². The second-order valence-electron chi connectivity index (χ2n) is 5.48. The maximum Gasteiger partial charge on any atom is 0.314 e. The minimum absolute atomic E-state index is 0.0784. The Morgan fingerprint density at radius 1 is 0.875 bits per heavy atom. The fraction of sp³-hybridized carbons (Fsp3) is 0.176. The van der Waals surface area contributed by atoms with Crippen molar-refractivity contribution in [2.75, 3.05) is 10.6 Å². The zero-order chi connectivity index (χ0) is 17.9. The summed E-state index contributed by atoms with van der Waals surface area (Å²) in [5, 5.41) is 15.7. The molecule has 2 aromatic carbocycles. The van der Waals surface area contributed by atoms with Gasteiger partial charge in [-0.1, -0.05) is 12.1 Å². The second kappa shape index (κ2) is 6.91. The number of benzene rings is 2. The molecule has 2 rings (SSSR count). The number of nitrogens with one attached hydrogen (secondary N) is 2. The number of non-ortho nitro benzene ring substituents is 1. The Morgan fingerprint density at radius 3 is 2.08 bits per heavy atom. The fourth-order valence-corrected chi connectivity index (χ4v) is 2.13. The van der Waals surface area contributed by atoms with Crippen LogP contribution in [0.25, 0.3) is 0 Å². The van der Waals surface area contributed by atoms with E-state index in [2.05, 4.69) is 10.6 Å². The predicted molar refractivity (Wildman–Crippen MR) is 91.0 cm³/mol. The Bertz CT molecular complexity index is 831. The molecule has 2 N–H and O–H groups in total. The maximum atomic E-state index is 12.0. The highest BCUT2D eigenvalue weighted by molar-refractivity contribution is 6.43. The van der Waals surface area contributed by atoms with Gasteiger partial charge in [0.25, 0.3) is 5.69 Å². The Hall–Kier alpha value is -3.22. The molecule has 2 aromatic rings. The van der Waals surface area contributed by atoms with Crippen LogP contribution in [0.2, 0.25) is 0 Å². The maximum absolute atomic E-state index is 12.0. The molecule has 0 fully saturated rings. The van der Waals surface area contributed by atoms with Gasteiger partial charge in [0, 0.05) is 23.5 Å². The molecule has 0 aliphatic rings. The van der Waals surface area contributed by atoms with E-state index in [0.717, 1.165) is 11.1 Å². The largest absolute Gasteiger partial charge is 0.318 e. The number of hydrogen-bond donors (Lipinski definition) is 2. The molecular weight excluding hydrogens is 310 g/mol. The van der Waals surface area contributed by atoms with E-state index in [9.17, 15) is 19.7 Å². The highest BCUT2D eigenvalue weighted by Gasteiger charge is 2.17. The van der Waals surface area contributed by atoms with Crippen molar-refractivity contribution in [3.05, 3.63) is 63.2 Å². The minimum atomic E-state index is -0.840. The van der Waals surface area contributed by atoms with E-state index in [4.69, 9.17) is 0 Å². The number of hydrogen-bond acceptors (Lipinski definition) is 4. The average molecular weight is 327 g/mol. The number of carbonyl (C=O) groups excluding carboxylic acids is 2. The summed E-state index contributed by atoms with van der Waals surface area (Å²) in [5.41, 5.74) is 3.13. The molecule has 0 spiro atoms. The molecule has 0 heterocycles. The van der Waals surface area contributed by atoms with Crippen molar-refractivity contribution in [1.82, 2.24) is 0 Å². The molecule has 2 amide bonds. The third-order valence-electron chi connectivity index (χ3n) is 3.52. The third kappa shape index (κ3) is 3.95. The Labute approximate surface area is 138 Å². The molecule has 0 radical (unpaired) electrons. The lowest BCUT2D eigenvalue weighted by atomic mass is 10.1. The first-order valence-electron chi connectivity index (χ1n) is 7.22.